The summed E-state index contributed by atoms with van der Waals surface area (Å²) in [4.78, 5) is 67.7. The first-order valence-corrected chi connectivity index (χ1v) is 28.6. The molecule has 11 rings (SSSR count). The number of aliphatic hydroxyl groups excluding tert-OH is 1. The van der Waals surface area contributed by atoms with Crippen molar-refractivity contribution in [1.29, 1.82) is 0 Å². The number of benzene rings is 2. The third-order valence-electron chi connectivity index (χ3n) is 16.7. The normalized spacial score (nSPS) is 24.0. The number of aliphatic hydroxyl groups is 1. The Hall–Kier alpha value is -6.03. The van der Waals surface area contributed by atoms with Gasteiger partial charge >= 0.3 is 6.01 Å². The number of hydrogen-bond acceptors (Lipinski definition) is 15. The molecule has 5 fully saturated rings. The van der Waals surface area contributed by atoms with Crippen molar-refractivity contribution in [3.05, 3.63) is 76.3 Å². The second-order valence-electron chi connectivity index (χ2n) is 23.3. The number of β-amino-alcohol motifs (C(OH)–C–C–N with tert-alkyl or cyclic N) is 1. The van der Waals surface area contributed by atoms with Gasteiger partial charge in [-0.15, -0.1) is 11.3 Å². The van der Waals surface area contributed by atoms with Crippen LogP contribution in [0.2, 0.25) is 5.02 Å². The van der Waals surface area contributed by atoms with Crippen molar-refractivity contribution in [2.45, 2.75) is 134 Å². The zero-order chi connectivity index (χ0) is 54.8. The van der Waals surface area contributed by atoms with Gasteiger partial charge in [-0.05, 0) is 93.7 Å². The number of hydrogen-bond donors (Lipinski definition) is 5. The molecule has 0 aliphatic carbocycles. The van der Waals surface area contributed by atoms with Gasteiger partial charge in [-0.25, -0.2) is 14.4 Å². The Morgan fingerprint density at radius 3 is 2.54 bits per heavy atom. The predicted octanol–water partition coefficient (Wildman–Crippen LogP) is 7.08. The molecule has 78 heavy (non-hydrogen) atoms. The Morgan fingerprint density at radius 1 is 1.04 bits per heavy atom. The summed E-state index contributed by atoms with van der Waals surface area (Å²) in [5, 5.41) is 21.2. The number of halogens is 2. The summed E-state index contributed by atoms with van der Waals surface area (Å²) in [5.74, 6) is -0.762. The molecule has 6 aromatic rings. The number of carbonyl (C=O) groups is 3. The third-order valence-corrected chi connectivity index (χ3v) is 18.0. The number of aryl methyl sites for hydroxylation is 2. The number of nitrogens with zero attached hydrogens (tertiary/aromatic N) is 8. The number of carbonyl (C=O) groups excluding carboxylic acids is 3. The molecule has 5 aliphatic rings. The zero-order valence-electron chi connectivity index (χ0n) is 45.2. The van der Waals surface area contributed by atoms with E-state index in [2.05, 4.69) is 35.7 Å². The van der Waals surface area contributed by atoms with E-state index >= 15 is 4.39 Å². The van der Waals surface area contributed by atoms with Crippen LogP contribution >= 0.6 is 22.9 Å². The molecule has 18 nitrogen and oxygen atoms in total. The van der Waals surface area contributed by atoms with Gasteiger partial charge in [-0.1, -0.05) is 56.6 Å². The first kappa shape index (κ1) is 53.9. The molecule has 5 saturated heterocycles. The first-order valence-electron chi connectivity index (χ1n) is 27.3. The fourth-order valence-electron chi connectivity index (χ4n) is 12.6. The summed E-state index contributed by atoms with van der Waals surface area (Å²) in [6.07, 6.45) is 6.12. The third kappa shape index (κ3) is 10.6. The summed E-state index contributed by atoms with van der Waals surface area (Å²) < 4.78 is 32.3. The molecule has 21 heteroatoms. The number of nitrogens with one attached hydrogen (secondary N) is 3. The summed E-state index contributed by atoms with van der Waals surface area (Å²) in [7, 11) is 1.87. The second-order valence-corrected chi connectivity index (χ2v) is 24.6. The number of piperazine rings is 1. The number of amides is 3. The lowest BCUT2D eigenvalue weighted by molar-refractivity contribution is -0.144. The fourth-order valence-corrected chi connectivity index (χ4v) is 13.8. The van der Waals surface area contributed by atoms with Crippen molar-refractivity contribution in [2.75, 3.05) is 56.6 Å². The lowest BCUT2D eigenvalue weighted by Gasteiger charge is -2.35. The van der Waals surface area contributed by atoms with Crippen LogP contribution in [-0.2, 0) is 26.2 Å². The van der Waals surface area contributed by atoms with E-state index in [1.807, 2.05) is 88.3 Å². The number of rotatable bonds is 16. The molecule has 8 atom stereocenters. The van der Waals surface area contributed by atoms with Crippen LogP contribution in [0, 0.1) is 18.2 Å². The van der Waals surface area contributed by atoms with Crippen molar-refractivity contribution in [1.82, 2.24) is 50.3 Å². The molecule has 2 aromatic carbocycles. The van der Waals surface area contributed by atoms with Gasteiger partial charge in [0.1, 0.15) is 35.8 Å². The Bertz CT molecular complexity index is 3250. The molecule has 3 amide bonds. The van der Waals surface area contributed by atoms with Crippen LogP contribution in [0.25, 0.3) is 43.5 Å². The molecule has 0 radical (unpaired) electrons. The molecule has 2 bridgehead atoms. The number of likely N-dealkylation sites (tertiary alicyclic amines) is 1. The van der Waals surface area contributed by atoms with Crippen molar-refractivity contribution in [3.8, 4) is 27.6 Å². The molecule has 4 aromatic heterocycles. The van der Waals surface area contributed by atoms with Crippen LogP contribution in [0.4, 0.5) is 16.0 Å². The van der Waals surface area contributed by atoms with Crippen molar-refractivity contribution in [2.24, 2.45) is 12.5 Å². The van der Waals surface area contributed by atoms with E-state index in [1.165, 1.54) is 4.90 Å². The van der Waals surface area contributed by atoms with E-state index in [1.54, 1.807) is 23.5 Å². The van der Waals surface area contributed by atoms with E-state index < -0.39 is 35.3 Å². The van der Waals surface area contributed by atoms with Crippen LogP contribution in [0.15, 0.2) is 54.2 Å². The Morgan fingerprint density at radius 2 is 1.81 bits per heavy atom. The van der Waals surface area contributed by atoms with Gasteiger partial charge in [-0.2, -0.15) is 9.97 Å². The number of pyridine rings is 1. The van der Waals surface area contributed by atoms with Crippen LogP contribution in [0.3, 0.4) is 0 Å². The number of anilines is 2. The summed E-state index contributed by atoms with van der Waals surface area (Å²) in [6, 6.07) is 11.8. The maximum absolute atomic E-state index is 17.3. The second kappa shape index (κ2) is 21.6. The van der Waals surface area contributed by atoms with E-state index in [0.29, 0.717) is 79.3 Å². The minimum absolute atomic E-state index is 0.0149. The standard InChI is InChI=1S/C57H70ClFN12O6S/c1-31(33-10-12-34(13-11-33)50-32(2)61-30-78-50)62-53(74)43-21-37(72)26-71(43)54(75)51(56(3,4)5)65-45(73)9-7-20-76-38-23-57(18-8-19-70(57)27-38)29-77-55-66-49-39(52(67-55)69-24-35-14-15-36(25-69)63-35)22-41(58)46(47(49)59)40-28-68(6)42-16-17-44(60)64-48(40)42/h10-13,16-17,22,28,30-31,35-38,43,51,63,72H,7-9,14-15,18-21,23-27,29H2,1-6H3,(H2,60,64)(H,62,74)(H,65,73)/t31-,35?,36?,37+,38-,43-,51+,57?/m0/s1. The van der Waals surface area contributed by atoms with E-state index in [9.17, 15) is 19.5 Å². The van der Waals surface area contributed by atoms with E-state index in [0.717, 1.165) is 59.4 Å². The lowest BCUT2D eigenvalue weighted by atomic mass is 9.85. The predicted molar refractivity (Wildman–Crippen MR) is 300 cm³/mol. The Labute approximate surface area is 462 Å². The van der Waals surface area contributed by atoms with Crippen molar-refractivity contribution >= 4 is 74.2 Å². The molecule has 5 aliphatic heterocycles. The van der Waals surface area contributed by atoms with Gasteiger partial charge in [-0.3, -0.25) is 19.3 Å². The molecule has 414 valence electrons. The van der Waals surface area contributed by atoms with Gasteiger partial charge in [0.2, 0.25) is 17.7 Å². The topological polar surface area (TPSA) is 218 Å². The smallest absolute Gasteiger partial charge is 0.319 e. The highest BCUT2D eigenvalue weighted by Gasteiger charge is 2.50. The molecule has 3 unspecified atom stereocenters. The van der Waals surface area contributed by atoms with Gasteiger partial charge in [0.15, 0.2) is 5.82 Å². The number of ether oxygens (including phenoxy) is 2. The number of aromatic nitrogens is 5. The SMILES string of the molecule is Cc1ncsc1-c1ccc([C@H](C)NC(=O)[C@@H]2C[C@@H](O)CN2C(=O)[C@@H](NC(=O)CCCO[C@@H]2CN3CCCC3(COc3nc(N4CC5CCC(C4)N5)c4cc(Cl)c(-c5cn(C)c6ccc(N)nc56)c(F)c4n3)C2)C(C)(C)C)cc1. The minimum atomic E-state index is -0.944. The average Bonchev–Trinajstić information content (AvgIpc) is 4.42. The van der Waals surface area contributed by atoms with Gasteiger partial charge in [0.25, 0.3) is 0 Å². The largest absolute Gasteiger partial charge is 0.461 e. The highest BCUT2D eigenvalue weighted by molar-refractivity contribution is 7.13. The number of nitrogens with two attached hydrogens (primary N) is 1. The van der Waals surface area contributed by atoms with Crippen LogP contribution in [-0.4, -0.2) is 145 Å². The fraction of sp³-hybridized carbons (Fsp3) is 0.526. The highest BCUT2D eigenvalue weighted by atomic mass is 35.5. The molecular weight excluding hydrogens is 1040 g/mol. The molecule has 0 saturated carbocycles. The van der Waals surface area contributed by atoms with Crippen LogP contribution in [0.5, 0.6) is 6.01 Å². The quantitative estimate of drug-likeness (QED) is 0.0612. The van der Waals surface area contributed by atoms with Gasteiger partial charge < -0.3 is 50.6 Å². The van der Waals surface area contributed by atoms with Crippen LogP contribution < -0.4 is 31.3 Å². The number of thiazole rings is 1. The summed E-state index contributed by atoms with van der Waals surface area (Å²) >= 11 is 8.60. The number of nitrogen functional groups attached to an aromatic ring is 1. The minimum Gasteiger partial charge on any atom is -0.461 e. The Kier molecular flexibility index (Phi) is 14.9. The highest BCUT2D eigenvalue weighted by Crippen LogP contribution is 2.44. The monoisotopic (exact) mass is 1100 g/mol. The zero-order valence-corrected chi connectivity index (χ0v) is 46.7. The number of fused-ring (bicyclic) bond motifs is 5. The van der Waals surface area contributed by atoms with Crippen molar-refractivity contribution < 1.29 is 33.4 Å². The lowest BCUT2D eigenvalue weighted by Crippen LogP contribution is -2.57. The van der Waals surface area contributed by atoms with Crippen molar-refractivity contribution in [3.63, 3.8) is 0 Å². The maximum Gasteiger partial charge on any atom is 0.319 e. The average molecular weight is 1110 g/mol. The van der Waals surface area contributed by atoms with E-state index in [4.69, 9.17) is 36.8 Å². The Balaban J connectivity index is 0.721. The van der Waals surface area contributed by atoms with Gasteiger partial charge in [0.05, 0.1) is 55.9 Å². The summed E-state index contributed by atoms with van der Waals surface area (Å²) in [6.45, 7) is 13.1. The van der Waals surface area contributed by atoms with Crippen LogP contribution in [0.1, 0.15) is 96.4 Å². The molecule has 0 spiro atoms. The summed E-state index contributed by atoms with van der Waals surface area (Å²) in [5.41, 5.74) is 11.9. The first-order chi connectivity index (χ1) is 37.3. The van der Waals surface area contributed by atoms with E-state index in [-0.39, 0.29) is 77.6 Å². The molecule has 6 N–H and O–H groups in total. The van der Waals surface area contributed by atoms with Gasteiger partial charge in [0, 0.05) is 87.5 Å². The maximum atomic E-state index is 17.3. The molecule has 9 heterocycles. The molecular formula is C57H70ClFN12O6S.